The molecule has 3 heterocycles. The number of thioether (sulfide) groups is 1. The molecular formula is C28H30N6O2S2. The van der Waals surface area contributed by atoms with Crippen LogP contribution in [0.2, 0.25) is 0 Å². The predicted octanol–water partition coefficient (Wildman–Crippen LogP) is 6.76. The third-order valence-electron chi connectivity index (χ3n) is 6.46. The van der Waals surface area contributed by atoms with E-state index in [2.05, 4.69) is 62.4 Å². The number of unbranched alkanes of at least 4 members (excludes halogenated alkanes) is 3. The number of aryl methyl sites for hydroxylation is 1. The average molecular weight is 547 g/mol. The van der Waals surface area contributed by atoms with Crippen LogP contribution in [0.1, 0.15) is 52.7 Å². The predicted molar refractivity (Wildman–Crippen MR) is 153 cm³/mol. The molecule has 0 radical (unpaired) electrons. The van der Waals surface area contributed by atoms with Crippen molar-refractivity contribution in [1.29, 1.82) is 0 Å². The highest BCUT2D eigenvalue weighted by molar-refractivity contribution is 7.99. The van der Waals surface area contributed by atoms with Crippen LogP contribution in [0.15, 0.2) is 53.7 Å². The maximum atomic E-state index is 12.5. The number of esters is 1. The van der Waals surface area contributed by atoms with Crippen LogP contribution in [0.3, 0.4) is 0 Å². The van der Waals surface area contributed by atoms with E-state index in [1.165, 1.54) is 37.7 Å². The fourth-order valence-electron chi connectivity index (χ4n) is 4.56. The van der Waals surface area contributed by atoms with Crippen molar-refractivity contribution in [2.75, 3.05) is 12.9 Å². The number of nitrogens with one attached hydrogen (secondary N) is 1. The molecule has 0 fully saturated rings. The smallest absolute Gasteiger partial charge is 0.350 e. The number of ether oxygens (including phenoxy) is 1. The third kappa shape index (κ3) is 5.37. The lowest BCUT2D eigenvalue weighted by Crippen LogP contribution is -2.02. The highest BCUT2D eigenvalue weighted by Gasteiger charge is 2.24. The Kier molecular flexibility index (Phi) is 8.19. The minimum absolute atomic E-state index is 0.332. The molecule has 5 rings (SSSR count). The van der Waals surface area contributed by atoms with Crippen molar-refractivity contribution in [2.24, 2.45) is 0 Å². The second-order valence-corrected chi connectivity index (χ2v) is 11.3. The van der Waals surface area contributed by atoms with E-state index in [-0.39, 0.29) is 5.97 Å². The number of aromatic amines is 1. The van der Waals surface area contributed by atoms with Gasteiger partial charge in [0.25, 0.3) is 0 Å². The van der Waals surface area contributed by atoms with Crippen LogP contribution in [0.25, 0.3) is 33.5 Å². The van der Waals surface area contributed by atoms with E-state index >= 15 is 0 Å². The number of hydrogen-bond donors (Lipinski definition) is 1. The first-order chi connectivity index (χ1) is 18.6. The van der Waals surface area contributed by atoms with Crippen LogP contribution in [-0.4, -0.2) is 49.0 Å². The lowest BCUT2D eigenvalue weighted by molar-refractivity contribution is 0.0608. The van der Waals surface area contributed by atoms with Gasteiger partial charge in [0.05, 0.1) is 19.2 Å². The van der Waals surface area contributed by atoms with E-state index in [9.17, 15) is 4.79 Å². The first-order valence-electron chi connectivity index (χ1n) is 12.7. The van der Waals surface area contributed by atoms with Crippen LogP contribution in [0, 0.1) is 6.92 Å². The Morgan fingerprint density at radius 2 is 1.87 bits per heavy atom. The monoisotopic (exact) mass is 546 g/mol. The summed E-state index contributed by atoms with van der Waals surface area (Å²) in [6.45, 7) is 4.93. The summed E-state index contributed by atoms with van der Waals surface area (Å²) in [5.41, 5.74) is 5.96. The summed E-state index contributed by atoms with van der Waals surface area (Å²) in [7, 11) is 1.42. The molecular weight excluding hydrogens is 516 g/mol. The molecule has 0 bridgehead atoms. The van der Waals surface area contributed by atoms with Gasteiger partial charge < -0.3 is 9.30 Å². The number of tetrazole rings is 1. The molecule has 10 heteroatoms. The molecule has 5 aromatic rings. The molecule has 0 aliphatic carbocycles. The molecule has 0 saturated heterocycles. The quantitative estimate of drug-likeness (QED) is 0.111. The maximum Gasteiger partial charge on any atom is 0.350 e. The van der Waals surface area contributed by atoms with E-state index in [0.29, 0.717) is 17.2 Å². The molecule has 2 aromatic carbocycles. The van der Waals surface area contributed by atoms with Gasteiger partial charge in [-0.25, -0.2) is 9.78 Å². The van der Waals surface area contributed by atoms with Gasteiger partial charge in [0.2, 0.25) is 5.82 Å². The number of carbonyl (C=O) groups excluding carboxylic acids is 1. The van der Waals surface area contributed by atoms with Crippen molar-refractivity contribution in [3.8, 4) is 22.5 Å². The normalized spacial score (nSPS) is 11.3. The van der Waals surface area contributed by atoms with Crippen molar-refractivity contribution in [2.45, 2.75) is 51.2 Å². The SMILES string of the molecule is CCCCCCSc1nc2c(C(=O)OC)sc(C)c2n1Cc1ccc(-c2ccccc2-c2nn[nH]n2)cc1. The largest absolute Gasteiger partial charge is 0.465 e. The topological polar surface area (TPSA) is 98.6 Å². The Balaban J connectivity index is 1.45. The van der Waals surface area contributed by atoms with Crippen molar-refractivity contribution in [3.63, 3.8) is 0 Å². The Bertz CT molecular complexity index is 1520. The fraction of sp³-hybridized carbons (Fsp3) is 0.321. The van der Waals surface area contributed by atoms with Crippen LogP contribution in [0.4, 0.5) is 0 Å². The van der Waals surface area contributed by atoms with Gasteiger partial charge in [-0.05, 0) is 35.2 Å². The highest BCUT2D eigenvalue weighted by Crippen LogP contribution is 2.36. The second-order valence-electron chi connectivity index (χ2n) is 9.04. The van der Waals surface area contributed by atoms with Gasteiger partial charge in [-0.15, -0.1) is 21.5 Å². The number of rotatable bonds is 11. The molecule has 196 valence electrons. The number of hydrogen-bond acceptors (Lipinski definition) is 8. The highest BCUT2D eigenvalue weighted by atomic mass is 32.2. The zero-order valence-corrected chi connectivity index (χ0v) is 23.4. The number of fused-ring (bicyclic) bond motifs is 1. The number of imidazole rings is 1. The van der Waals surface area contributed by atoms with Crippen molar-refractivity contribution < 1.29 is 9.53 Å². The molecule has 1 N–H and O–H groups in total. The van der Waals surface area contributed by atoms with Gasteiger partial charge in [-0.2, -0.15) is 5.21 Å². The summed E-state index contributed by atoms with van der Waals surface area (Å²) < 4.78 is 7.29. The molecule has 0 amide bonds. The van der Waals surface area contributed by atoms with E-state index in [0.717, 1.165) is 55.5 Å². The van der Waals surface area contributed by atoms with Gasteiger partial charge in [0.1, 0.15) is 10.4 Å². The summed E-state index contributed by atoms with van der Waals surface area (Å²) in [4.78, 5) is 19.0. The van der Waals surface area contributed by atoms with E-state index in [1.807, 2.05) is 25.1 Å². The summed E-state index contributed by atoms with van der Waals surface area (Å²) in [5.74, 6) is 1.24. The molecule has 0 aliphatic heterocycles. The zero-order chi connectivity index (χ0) is 26.5. The lowest BCUT2D eigenvalue weighted by atomic mass is 9.98. The summed E-state index contributed by atoms with van der Waals surface area (Å²) in [5, 5.41) is 15.5. The number of benzene rings is 2. The minimum atomic E-state index is -0.332. The van der Waals surface area contributed by atoms with Gasteiger partial charge in [-0.3, -0.25) is 0 Å². The third-order valence-corrected chi connectivity index (χ3v) is 8.58. The molecule has 0 unspecified atom stereocenters. The summed E-state index contributed by atoms with van der Waals surface area (Å²) in [6.07, 6.45) is 4.83. The molecule has 3 aromatic heterocycles. The lowest BCUT2D eigenvalue weighted by Gasteiger charge is -2.11. The zero-order valence-electron chi connectivity index (χ0n) is 21.7. The Morgan fingerprint density at radius 3 is 2.58 bits per heavy atom. The fourth-order valence-corrected chi connectivity index (χ4v) is 6.57. The van der Waals surface area contributed by atoms with E-state index in [1.54, 1.807) is 11.8 Å². The number of thiophene rings is 1. The maximum absolute atomic E-state index is 12.5. The van der Waals surface area contributed by atoms with Gasteiger partial charge in [-0.1, -0.05) is 86.5 Å². The van der Waals surface area contributed by atoms with Crippen molar-refractivity contribution in [1.82, 2.24) is 30.2 Å². The van der Waals surface area contributed by atoms with E-state index < -0.39 is 0 Å². The number of aromatic nitrogens is 6. The Hall–Kier alpha value is -3.50. The van der Waals surface area contributed by atoms with Crippen LogP contribution >= 0.6 is 23.1 Å². The number of nitrogens with zero attached hydrogens (tertiary/aromatic N) is 5. The molecule has 0 spiro atoms. The number of H-pyrrole nitrogens is 1. The molecule has 0 atom stereocenters. The Labute approximate surface area is 229 Å². The van der Waals surface area contributed by atoms with Gasteiger partial charge >= 0.3 is 5.97 Å². The van der Waals surface area contributed by atoms with Gasteiger partial charge in [0, 0.05) is 16.2 Å². The molecule has 8 nitrogen and oxygen atoms in total. The minimum Gasteiger partial charge on any atom is -0.465 e. The van der Waals surface area contributed by atoms with E-state index in [4.69, 9.17) is 9.72 Å². The Morgan fingerprint density at radius 1 is 1.08 bits per heavy atom. The molecule has 38 heavy (non-hydrogen) atoms. The average Bonchev–Trinajstić information content (AvgIpc) is 3.67. The van der Waals surface area contributed by atoms with Crippen molar-refractivity contribution in [3.05, 3.63) is 63.8 Å². The summed E-state index contributed by atoms with van der Waals surface area (Å²) >= 11 is 3.21. The second kappa shape index (κ2) is 11.9. The standard InChI is InChI=1S/C28H30N6O2S2/c1-4-5-6-9-16-37-28-29-23-24(18(2)38-25(23)27(35)36-3)34(28)17-19-12-14-20(15-13-19)21-10-7-8-11-22(21)26-30-32-33-31-26/h7-8,10-15H,4-6,9,16-17H2,1-3H3,(H,30,31,32,33). The van der Waals surface area contributed by atoms with Crippen molar-refractivity contribution >= 4 is 40.1 Å². The number of methoxy groups -OCH3 is 1. The first kappa shape index (κ1) is 26.1. The molecule has 0 saturated carbocycles. The van der Waals surface area contributed by atoms with Crippen LogP contribution in [0.5, 0.6) is 0 Å². The van der Waals surface area contributed by atoms with Crippen LogP contribution < -0.4 is 0 Å². The molecule has 0 aliphatic rings. The number of carbonyl (C=O) groups is 1. The van der Waals surface area contributed by atoms with Gasteiger partial charge in [0.15, 0.2) is 5.16 Å². The first-order valence-corrected chi connectivity index (χ1v) is 14.5. The van der Waals surface area contributed by atoms with Crippen LogP contribution in [-0.2, 0) is 11.3 Å². The summed E-state index contributed by atoms with van der Waals surface area (Å²) in [6, 6.07) is 16.6.